The minimum atomic E-state index is -0.224. The van der Waals surface area contributed by atoms with E-state index in [-0.39, 0.29) is 6.09 Å². The summed E-state index contributed by atoms with van der Waals surface area (Å²) < 4.78 is 11.0. The molecule has 3 rings (SSSR count). The number of rotatable bonds is 13. The average Bonchev–Trinajstić information content (AvgIpc) is 2.96. The number of piperazine rings is 1. The number of unbranched alkanes of at least 4 members (excludes halogenated alkanes) is 7. The number of amides is 1. The van der Waals surface area contributed by atoms with Gasteiger partial charge in [0.15, 0.2) is 0 Å². The Kier molecular flexibility index (Phi) is 13.1. The lowest BCUT2D eigenvalue weighted by molar-refractivity contribution is 0.105. The van der Waals surface area contributed by atoms with Crippen molar-refractivity contribution in [3.63, 3.8) is 0 Å². The van der Waals surface area contributed by atoms with Gasteiger partial charge in [-0.25, -0.2) is 9.79 Å². The zero-order valence-electron chi connectivity index (χ0n) is 23.2. The van der Waals surface area contributed by atoms with Gasteiger partial charge in [0.25, 0.3) is 0 Å². The molecular formula is C32H43N3O3. The van der Waals surface area contributed by atoms with E-state index in [9.17, 15) is 4.79 Å². The Morgan fingerprint density at radius 2 is 1.53 bits per heavy atom. The molecule has 0 atom stereocenters. The van der Waals surface area contributed by atoms with Crippen molar-refractivity contribution in [3.8, 4) is 17.6 Å². The van der Waals surface area contributed by atoms with Crippen LogP contribution in [0.2, 0.25) is 0 Å². The minimum absolute atomic E-state index is 0.224. The topological polar surface area (TPSA) is 54.4 Å². The Labute approximate surface area is 229 Å². The quantitative estimate of drug-likeness (QED) is 0.160. The second-order valence-electron chi connectivity index (χ2n) is 9.56. The third-order valence-electron chi connectivity index (χ3n) is 6.64. The summed E-state index contributed by atoms with van der Waals surface area (Å²) in [5.74, 6) is 7.05. The van der Waals surface area contributed by atoms with Crippen molar-refractivity contribution in [2.24, 2.45) is 4.99 Å². The smallest absolute Gasteiger partial charge is 0.409 e. The summed E-state index contributed by atoms with van der Waals surface area (Å²) in [5.41, 5.74) is 2.93. The molecule has 0 spiro atoms. The number of carbonyl (C=O) groups excluding carboxylic acids is 1. The Bertz CT molecular complexity index is 1030. The summed E-state index contributed by atoms with van der Waals surface area (Å²) in [6.45, 7) is 8.19. The van der Waals surface area contributed by atoms with Gasteiger partial charge >= 0.3 is 6.09 Å². The summed E-state index contributed by atoms with van der Waals surface area (Å²) >= 11 is 0. The summed E-state index contributed by atoms with van der Waals surface area (Å²) in [5, 5.41) is 0. The molecule has 6 nitrogen and oxygen atoms in total. The molecule has 6 heteroatoms. The van der Waals surface area contributed by atoms with Crippen molar-refractivity contribution in [2.45, 2.75) is 65.2 Å². The Hall–Kier alpha value is -3.46. The van der Waals surface area contributed by atoms with Gasteiger partial charge in [0.1, 0.15) is 5.75 Å². The Morgan fingerprint density at radius 1 is 0.868 bits per heavy atom. The van der Waals surface area contributed by atoms with Gasteiger partial charge in [-0.1, -0.05) is 57.8 Å². The molecule has 0 N–H and O–H groups in total. The minimum Gasteiger partial charge on any atom is -0.494 e. The van der Waals surface area contributed by atoms with E-state index in [1.165, 1.54) is 44.9 Å². The molecular weight excluding hydrogens is 474 g/mol. The van der Waals surface area contributed by atoms with E-state index in [0.717, 1.165) is 48.8 Å². The zero-order valence-corrected chi connectivity index (χ0v) is 23.2. The van der Waals surface area contributed by atoms with Gasteiger partial charge in [0.2, 0.25) is 0 Å². The van der Waals surface area contributed by atoms with Crippen LogP contribution in [0.4, 0.5) is 16.2 Å². The molecule has 0 aliphatic carbocycles. The van der Waals surface area contributed by atoms with E-state index < -0.39 is 0 Å². The fraction of sp³-hybridized carbons (Fsp3) is 0.500. The monoisotopic (exact) mass is 517 g/mol. The molecule has 0 bridgehead atoms. The molecule has 1 aliphatic heterocycles. The third kappa shape index (κ3) is 10.5. The molecule has 38 heavy (non-hydrogen) atoms. The fourth-order valence-electron chi connectivity index (χ4n) is 4.39. The first-order valence-electron chi connectivity index (χ1n) is 14.2. The molecule has 2 aromatic carbocycles. The standard InChI is InChI=1S/C32H43N3O3/c1-3-5-6-7-8-9-10-11-27-38-31-20-16-29(17-21-31)33-22-12-13-28-14-18-30(19-15-28)34-23-25-35(26-24-34)32(36)37-4-2/h14-22H,3-11,23-27H2,1-2H3. The van der Waals surface area contributed by atoms with Crippen molar-refractivity contribution < 1.29 is 14.3 Å². The molecule has 0 saturated carbocycles. The van der Waals surface area contributed by atoms with Gasteiger partial charge in [0, 0.05) is 37.4 Å². The first-order valence-corrected chi connectivity index (χ1v) is 14.2. The highest BCUT2D eigenvalue weighted by Crippen LogP contribution is 2.19. The van der Waals surface area contributed by atoms with Crippen molar-refractivity contribution in [3.05, 3.63) is 54.1 Å². The van der Waals surface area contributed by atoms with Crippen LogP contribution in [0.25, 0.3) is 0 Å². The summed E-state index contributed by atoms with van der Waals surface area (Å²) in [6, 6.07) is 16.0. The first-order chi connectivity index (χ1) is 18.7. The first kappa shape index (κ1) is 29.1. The average molecular weight is 518 g/mol. The zero-order chi connectivity index (χ0) is 26.8. The highest BCUT2D eigenvalue weighted by atomic mass is 16.6. The lowest BCUT2D eigenvalue weighted by Crippen LogP contribution is -2.49. The van der Waals surface area contributed by atoms with Gasteiger partial charge in [0.05, 0.1) is 25.1 Å². The van der Waals surface area contributed by atoms with Gasteiger partial charge < -0.3 is 19.3 Å². The van der Waals surface area contributed by atoms with Crippen LogP contribution >= 0.6 is 0 Å². The molecule has 1 amide bonds. The van der Waals surface area contributed by atoms with Crippen LogP contribution in [0.15, 0.2) is 53.5 Å². The molecule has 204 valence electrons. The largest absolute Gasteiger partial charge is 0.494 e. The maximum absolute atomic E-state index is 11.9. The summed E-state index contributed by atoms with van der Waals surface area (Å²) in [4.78, 5) is 20.3. The Balaban J connectivity index is 1.35. The van der Waals surface area contributed by atoms with Crippen LogP contribution in [-0.4, -0.2) is 56.6 Å². The molecule has 0 unspecified atom stereocenters. The third-order valence-corrected chi connectivity index (χ3v) is 6.64. The molecule has 2 aromatic rings. The molecule has 1 saturated heterocycles. The predicted octanol–water partition coefficient (Wildman–Crippen LogP) is 7.24. The van der Waals surface area contributed by atoms with Gasteiger partial charge in [-0.3, -0.25) is 0 Å². The second kappa shape index (κ2) is 17.1. The second-order valence-corrected chi connectivity index (χ2v) is 9.56. The maximum atomic E-state index is 11.9. The molecule has 1 heterocycles. The van der Waals surface area contributed by atoms with Crippen LogP contribution in [0.1, 0.15) is 70.8 Å². The highest BCUT2D eigenvalue weighted by molar-refractivity contribution is 5.81. The number of hydrogen-bond donors (Lipinski definition) is 0. The van der Waals surface area contributed by atoms with Crippen molar-refractivity contribution in [2.75, 3.05) is 44.3 Å². The number of hydrogen-bond acceptors (Lipinski definition) is 5. The van der Waals surface area contributed by atoms with E-state index >= 15 is 0 Å². The van der Waals surface area contributed by atoms with E-state index in [4.69, 9.17) is 9.47 Å². The van der Waals surface area contributed by atoms with E-state index in [0.29, 0.717) is 19.7 Å². The lowest BCUT2D eigenvalue weighted by Gasteiger charge is -2.35. The normalized spacial score (nSPS) is 13.3. The van der Waals surface area contributed by atoms with Crippen molar-refractivity contribution >= 4 is 23.7 Å². The molecule has 1 fully saturated rings. The predicted molar refractivity (Wildman–Crippen MR) is 157 cm³/mol. The molecule has 1 aliphatic rings. The van der Waals surface area contributed by atoms with Crippen molar-refractivity contribution in [1.82, 2.24) is 4.90 Å². The van der Waals surface area contributed by atoms with E-state index in [1.54, 1.807) is 11.1 Å². The number of anilines is 1. The van der Waals surface area contributed by atoms with Crippen LogP contribution in [0.3, 0.4) is 0 Å². The number of carbonyl (C=O) groups is 1. The van der Waals surface area contributed by atoms with Gasteiger partial charge in [-0.05, 0) is 67.8 Å². The fourth-order valence-corrected chi connectivity index (χ4v) is 4.39. The van der Waals surface area contributed by atoms with Crippen LogP contribution < -0.4 is 9.64 Å². The Morgan fingerprint density at radius 3 is 2.18 bits per heavy atom. The van der Waals surface area contributed by atoms with Gasteiger partial charge in [-0.2, -0.15) is 0 Å². The number of aliphatic imine (C=N–C) groups is 1. The lowest BCUT2D eigenvalue weighted by atomic mass is 10.1. The number of nitrogens with zero attached hydrogens (tertiary/aromatic N) is 3. The van der Waals surface area contributed by atoms with Crippen LogP contribution in [-0.2, 0) is 4.74 Å². The van der Waals surface area contributed by atoms with E-state index in [1.807, 2.05) is 43.3 Å². The number of ether oxygens (including phenoxy) is 2. The molecule has 0 aromatic heterocycles. The van der Waals surface area contributed by atoms with E-state index in [2.05, 4.69) is 40.8 Å². The maximum Gasteiger partial charge on any atom is 0.409 e. The summed E-state index contributed by atoms with van der Waals surface area (Å²) in [7, 11) is 0. The number of benzene rings is 2. The SMILES string of the molecule is CCCCCCCCCCOc1ccc(N=CC#Cc2ccc(N3CCN(C(=O)OCC)CC3)cc2)cc1. The van der Waals surface area contributed by atoms with Gasteiger partial charge in [-0.15, -0.1) is 0 Å². The van der Waals surface area contributed by atoms with Crippen LogP contribution in [0, 0.1) is 11.8 Å². The molecule has 0 radical (unpaired) electrons. The van der Waals surface area contributed by atoms with Crippen molar-refractivity contribution in [1.29, 1.82) is 0 Å². The highest BCUT2D eigenvalue weighted by Gasteiger charge is 2.21. The van der Waals surface area contributed by atoms with Crippen LogP contribution in [0.5, 0.6) is 5.75 Å². The summed E-state index contributed by atoms with van der Waals surface area (Å²) in [6.07, 6.45) is 11.8.